The van der Waals surface area contributed by atoms with Crippen molar-refractivity contribution < 1.29 is 30.7 Å². The second-order valence-electron chi connectivity index (χ2n) is 11.0. The average Bonchev–Trinajstić information content (AvgIpc) is 3.00. The Morgan fingerprint density at radius 1 is 0.756 bits per heavy atom. The van der Waals surface area contributed by atoms with Gasteiger partial charge in [0.25, 0.3) is 0 Å². The van der Waals surface area contributed by atoms with Gasteiger partial charge in [-0.15, -0.1) is 0 Å². The van der Waals surface area contributed by atoms with E-state index in [1.807, 2.05) is 50.2 Å². The zero-order chi connectivity index (χ0) is 32.8. The van der Waals surface area contributed by atoms with E-state index in [-0.39, 0.29) is 29.0 Å². The highest BCUT2D eigenvalue weighted by atomic mass is 32.1. The first-order valence-electron chi connectivity index (χ1n) is 14.3. The van der Waals surface area contributed by atoms with E-state index in [1.54, 1.807) is 12.1 Å². The van der Waals surface area contributed by atoms with Crippen LogP contribution >= 0.6 is 19.5 Å². The van der Waals surface area contributed by atoms with Gasteiger partial charge in [-0.25, -0.2) is 4.39 Å². The van der Waals surface area contributed by atoms with Gasteiger partial charge >= 0.3 is 12.4 Å². The fourth-order valence-electron chi connectivity index (χ4n) is 5.29. The molecule has 0 radical (unpaired) electrons. The van der Waals surface area contributed by atoms with Crippen LogP contribution in [0.4, 0.5) is 36.4 Å². The van der Waals surface area contributed by atoms with Gasteiger partial charge in [-0.2, -0.15) is 26.3 Å². The van der Waals surface area contributed by atoms with Crippen molar-refractivity contribution in [3.8, 4) is 0 Å². The monoisotopic (exact) mass is 665 g/mol. The molecule has 0 heterocycles. The van der Waals surface area contributed by atoms with E-state index in [4.69, 9.17) is 12.2 Å². The molecular formula is C34H33F7N2PS+. The highest BCUT2D eigenvalue weighted by Gasteiger charge is 2.46. The van der Waals surface area contributed by atoms with Gasteiger partial charge in [0.2, 0.25) is 0 Å². The molecule has 0 fully saturated rings. The van der Waals surface area contributed by atoms with E-state index in [1.165, 1.54) is 12.1 Å². The van der Waals surface area contributed by atoms with Crippen LogP contribution in [0.3, 0.4) is 0 Å². The number of rotatable bonds is 10. The maximum atomic E-state index is 13.9. The molecule has 4 rings (SSSR count). The van der Waals surface area contributed by atoms with E-state index in [0.717, 1.165) is 22.6 Å². The number of anilines is 1. The summed E-state index contributed by atoms with van der Waals surface area (Å²) in [6.07, 6.45) is -8.09. The molecule has 4 aromatic rings. The lowest BCUT2D eigenvalue weighted by Crippen LogP contribution is -2.46. The Kier molecular flexibility index (Phi) is 10.9. The van der Waals surface area contributed by atoms with Gasteiger partial charge in [0.15, 0.2) is 5.11 Å². The summed E-state index contributed by atoms with van der Waals surface area (Å²) in [5.41, 5.74) is -2.35. The molecule has 45 heavy (non-hydrogen) atoms. The summed E-state index contributed by atoms with van der Waals surface area (Å²) in [6.45, 7) is 4.03. The third-order valence-corrected chi connectivity index (χ3v) is 12.6. The van der Waals surface area contributed by atoms with Gasteiger partial charge in [-0.1, -0.05) is 68.8 Å². The third kappa shape index (κ3) is 8.82. The van der Waals surface area contributed by atoms with Crippen LogP contribution in [0, 0.1) is 11.7 Å². The molecule has 11 heteroatoms. The second-order valence-corrected chi connectivity index (χ2v) is 15.0. The SMILES string of the molecule is CC[C@H](C)[C@@H](C[P+](Cc1ccc(F)cc1)(c1ccccc1)c1ccccc1)NC(=S)Nc1cc(C(F)(F)F)cc(C(F)(F)F)c1. The summed E-state index contributed by atoms with van der Waals surface area (Å²) < 4.78 is 94.8. The molecule has 4 aromatic carbocycles. The zero-order valence-electron chi connectivity index (χ0n) is 24.6. The lowest BCUT2D eigenvalue weighted by Gasteiger charge is -2.34. The largest absolute Gasteiger partial charge is 0.416 e. The Balaban J connectivity index is 1.75. The summed E-state index contributed by atoms with van der Waals surface area (Å²) in [4.78, 5) is 0. The summed E-state index contributed by atoms with van der Waals surface area (Å²) in [7, 11) is -2.33. The third-order valence-electron chi connectivity index (χ3n) is 7.87. The van der Waals surface area contributed by atoms with Crippen molar-refractivity contribution in [3.05, 3.63) is 126 Å². The fraction of sp³-hybridized carbons (Fsp3) is 0.265. The Hall–Kier alpha value is -3.49. The molecule has 0 amide bonds. The second kappa shape index (κ2) is 14.3. The van der Waals surface area contributed by atoms with E-state index in [9.17, 15) is 30.7 Å². The van der Waals surface area contributed by atoms with Crippen molar-refractivity contribution in [2.75, 3.05) is 11.5 Å². The molecule has 0 bridgehead atoms. The first-order chi connectivity index (χ1) is 21.2. The maximum absolute atomic E-state index is 13.9. The molecule has 0 spiro atoms. The van der Waals surface area contributed by atoms with Crippen LogP contribution in [0.2, 0.25) is 0 Å². The minimum atomic E-state index is -4.98. The molecule has 0 aromatic heterocycles. The lowest BCUT2D eigenvalue weighted by molar-refractivity contribution is -0.143. The lowest BCUT2D eigenvalue weighted by atomic mass is 10.0. The van der Waals surface area contributed by atoms with E-state index in [2.05, 4.69) is 34.9 Å². The average molecular weight is 666 g/mol. The van der Waals surface area contributed by atoms with Crippen LogP contribution in [0.25, 0.3) is 0 Å². The van der Waals surface area contributed by atoms with Crippen molar-refractivity contribution in [3.63, 3.8) is 0 Å². The Morgan fingerprint density at radius 3 is 1.69 bits per heavy atom. The topological polar surface area (TPSA) is 24.1 Å². The van der Waals surface area contributed by atoms with Crippen molar-refractivity contribution in [1.82, 2.24) is 5.32 Å². The van der Waals surface area contributed by atoms with Crippen LogP contribution in [0.15, 0.2) is 103 Å². The van der Waals surface area contributed by atoms with Gasteiger partial charge in [0, 0.05) is 5.69 Å². The summed E-state index contributed by atoms with van der Waals surface area (Å²) in [5.74, 6) is -0.335. The number of hydrogen-bond acceptors (Lipinski definition) is 1. The van der Waals surface area contributed by atoms with E-state index < -0.39 is 36.4 Å². The highest BCUT2D eigenvalue weighted by molar-refractivity contribution is 7.88. The summed E-state index contributed by atoms with van der Waals surface area (Å²) in [6, 6.07) is 27.3. The normalized spacial score (nSPS) is 13.6. The molecule has 0 aliphatic heterocycles. The number of thiocarbonyl (C=S) groups is 1. The predicted molar refractivity (Wildman–Crippen MR) is 173 cm³/mol. The van der Waals surface area contributed by atoms with Crippen LogP contribution in [-0.2, 0) is 18.5 Å². The molecule has 0 unspecified atom stereocenters. The molecule has 2 nitrogen and oxygen atoms in total. The summed E-state index contributed by atoms with van der Waals surface area (Å²) in [5, 5.41) is 7.95. The quantitative estimate of drug-likeness (QED) is 0.100. The minimum absolute atomic E-state index is 0.0111. The number of alkyl halides is 6. The van der Waals surface area contributed by atoms with Gasteiger partial charge in [0.1, 0.15) is 5.82 Å². The summed E-state index contributed by atoms with van der Waals surface area (Å²) >= 11 is 5.51. The maximum Gasteiger partial charge on any atom is 0.416 e. The molecule has 2 atom stereocenters. The highest BCUT2D eigenvalue weighted by Crippen LogP contribution is 2.60. The molecule has 238 valence electrons. The molecule has 2 N–H and O–H groups in total. The Morgan fingerprint density at radius 2 is 1.24 bits per heavy atom. The molecule has 0 aliphatic rings. The number of halogens is 7. The van der Waals surface area contributed by atoms with Gasteiger partial charge in [0.05, 0.1) is 47.4 Å². The smallest absolute Gasteiger partial charge is 0.356 e. The van der Waals surface area contributed by atoms with Gasteiger partial charge in [-0.05, 0) is 78.3 Å². The van der Waals surface area contributed by atoms with Crippen LogP contribution in [-0.4, -0.2) is 17.3 Å². The van der Waals surface area contributed by atoms with Crippen molar-refractivity contribution in [2.45, 2.75) is 44.8 Å². The van der Waals surface area contributed by atoms with E-state index in [0.29, 0.717) is 24.5 Å². The van der Waals surface area contributed by atoms with Crippen molar-refractivity contribution in [1.29, 1.82) is 0 Å². The molecular weight excluding hydrogens is 632 g/mol. The van der Waals surface area contributed by atoms with Crippen molar-refractivity contribution in [2.24, 2.45) is 5.92 Å². The van der Waals surface area contributed by atoms with Crippen molar-refractivity contribution >= 4 is 40.9 Å². The van der Waals surface area contributed by atoms with Crippen LogP contribution < -0.4 is 21.2 Å². The molecule has 0 aliphatic carbocycles. The predicted octanol–water partition coefficient (Wildman–Crippen LogP) is 9.43. The van der Waals surface area contributed by atoms with Gasteiger partial charge < -0.3 is 10.6 Å². The van der Waals surface area contributed by atoms with Crippen LogP contribution in [0.1, 0.15) is 37.0 Å². The number of hydrogen-bond donors (Lipinski definition) is 2. The van der Waals surface area contributed by atoms with Gasteiger partial charge in [-0.3, -0.25) is 0 Å². The van der Waals surface area contributed by atoms with Crippen LogP contribution in [0.5, 0.6) is 0 Å². The number of benzene rings is 4. The standard InChI is InChI=1S/C34H32F7N2PS/c1-3-23(2)31(43-32(45)42-28-19-25(33(36,37)38)18-26(20-28)34(39,40)41)22-44(29-10-6-4-7-11-29,30-12-8-5-9-13-30)21-24-14-16-27(35)17-15-24/h4-20,23,31H,3,21-22H2,1-2H3,(H-,42,43,45)/p+1/t23-,31+/m0/s1. The zero-order valence-corrected chi connectivity index (χ0v) is 26.3. The minimum Gasteiger partial charge on any atom is -0.356 e. The van der Waals surface area contributed by atoms with E-state index >= 15 is 0 Å². The first-order valence-corrected chi connectivity index (χ1v) is 16.9. The Labute approximate surface area is 264 Å². The first kappa shape index (κ1) is 34.4. The number of nitrogens with one attached hydrogen (secondary N) is 2. The molecule has 0 saturated heterocycles. The molecule has 0 saturated carbocycles. The fourth-order valence-corrected chi connectivity index (χ4v) is 10.2. The Bertz CT molecular complexity index is 1490.